The van der Waals surface area contributed by atoms with Gasteiger partial charge in [-0.25, -0.2) is 9.59 Å². The Morgan fingerprint density at radius 2 is 1.90 bits per heavy atom. The summed E-state index contributed by atoms with van der Waals surface area (Å²) in [7, 11) is 1.77. The van der Waals surface area contributed by atoms with Crippen LogP contribution >= 0.6 is 0 Å². The normalized spacial score (nSPS) is 30.1. The highest BCUT2D eigenvalue weighted by Crippen LogP contribution is 2.33. The van der Waals surface area contributed by atoms with E-state index in [9.17, 15) is 14.7 Å². The molecule has 0 aromatic carbocycles. The Kier molecular flexibility index (Phi) is 5.12. The van der Waals surface area contributed by atoms with Gasteiger partial charge in [0.2, 0.25) is 0 Å². The first-order valence-corrected chi connectivity index (χ1v) is 8.19. The monoisotopic (exact) mass is 296 g/mol. The number of carbonyl (C=O) groups is 2. The smallest absolute Gasteiger partial charge is 0.329 e. The minimum absolute atomic E-state index is 0.238. The van der Waals surface area contributed by atoms with Gasteiger partial charge in [0.1, 0.15) is 5.54 Å². The molecule has 5 nitrogen and oxygen atoms in total. The average Bonchev–Trinajstić information content (AvgIpc) is 2.91. The summed E-state index contributed by atoms with van der Waals surface area (Å²) in [6, 6.07) is -0.238. The number of aliphatic carboxylic acids is 1. The molecule has 2 aliphatic rings. The van der Waals surface area contributed by atoms with E-state index in [2.05, 4.69) is 12.2 Å². The summed E-state index contributed by atoms with van der Waals surface area (Å²) in [5.41, 5.74) is -1.07. The van der Waals surface area contributed by atoms with E-state index in [1.807, 2.05) is 0 Å². The first-order chi connectivity index (χ1) is 9.93. The molecule has 2 atom stereocenters. The maximum Gasteiger partial charge on any atom is 0.329 e. The molecular formula is C16H28N2O3. The van der Waals surface area contributed by atoms with Crippen molar-refractivity contribution in [2.45, 2.75) is 63.8 Å². The molecule has 2 N–H and O–H groups in total. The Labute approximate surface area is 127 Å². The van der Waals surface area contributed by atoms with Crippen molar-refractivity contribution < 1.29 is 14.7 Å². The lowest BCUT2D eigenvalue weighted by Gasteiger charge is -2.38. The van der Waals surface area contributed by atoms with Crippen LogP contribution in [-0.4, -0.2) is 41.1 Å². The third-order valence-corrected chi connectivity index (χ3v) is 5.11. The fourth-order valence-electron chi connectivity index (χ4n) is 3.88. The number of carboxylic acids is 1. The molecule has 0 saturated heterocycles. The topological polar surface area (TPSA) is 69.6 Å². The summed E-state index contributed by atoms with van der Waals surface area (Å²) in [5, 5.41) is 12.4. The van der Waals surface area contributed by atoms with Gasteiger partial charge in [0, 0.05) is 13.6 Å². The van der Waals surface area contributed by atoms with E-state index in [0.717, 1.165) is 19.4 Å². The summed E-state index contributed by atoms with van der Waals surface area (Å²) in [6.07, 6.45) is 7.83. The van der Waals surface area contributed by atoms with E-state index < -0.39 is 11.5 Å². The molecule has 0 spiro atoms. The molecule has 2 unspecified atom stereocenters. The first-order valence-electron chi connectivity index (χ1n) is 8.19. The van der Waals surface area contributed by atoms with Crippen molar-refractivity contribution in [3.63, 3.8) is 0 Å². The lowest BCUT2D eigenvalue weighted by atomic mass is 9.76. The number of rotatable bonds is 4. The van der Waals surface area contributed by atoms with Crippen LogP contribution in [-0.2, 0) is 4.79 Å². The van der Waals surface area contributed by atoms with Crippen molar-refractivity contribution in [2.24, 2.45) is 11.8 Å². The number of urea groups is 1. The molecule has 2 fully saturated rings. The molecule has 5 heteroatoms. The van der Waals surface area contributed by atoms with E-state index in [4.69, 9.17) is 0 Å². The number of hydrogen-bond donors (Lipinski definition) is 2. The highest BCUT2D eigenvalue weighted by atomic mass is 16.4. The van der Waals surface area contributed by atoms with E-state index in [1.54, 1.807) is 11.9 Å². The fraction of sp³-hybridized carbons (Fsp3) is 0.875. The van der Waals surface area contributed by atoms with Crippen LogP contribution in [0, 0.1) is 11.8 Å². The maximum atomic E-state index is 12.4. The minimum atomic E-state index is -1.07. The Morgan fingerprint density at radius 3 is 2.48 bits per heavy atom. The number of nitrogens with one attached hydrogen (secondary N) is 1. The van der Waals surface area contributed by atoms with Gasteiger partial charge in [-0.05, 0) is 37.5 Å². The Morgan fingerprint density at radius 1 is 1.24 bits per heavy atom. The largest absolute Gasteiger partial charge is 0.480 e. The quantitative estimate of drug-likeness (QED) is 0.838. The molecule has 2 amide bonds. The maximum absolute atomic E-state index is 12.4. The highest BCUT2D eigenvalue weighted by molar-refractivity contribution is 5.86. The van der Waals surface area contributed by atoms with Crippen molar-refractivity contribution in [2.75, 3.05) is 13.6 Å². The second-order valence-corrected chi connectivity index (χ2v) is 7.05. The molecule has 21 heavy (non-hydrogen) atoms. The van der Waals surface area contributed by atoms with E-state index in [0.29, 0.717) is 24.7 Å². The molecule has 0 aromatic rings. The predicted molar refractivity (Wildman–Crippen MR) is 81.1 cm³/mol. The van der Waals surface area contributed by atoms with Crippen LogP contribution in [0.1, 0.15) is 58.3 Å². The molecule has 0 aliphatic heterocycles. The summed E-state index contributed by atoms with van der Waals surface area (Å²) >= 11 is 0. The predicted octanol–water partition coefficient (Wildman–Crippen LogP) is 2.85. The van der Waals surface area contributed by atoms with Crippen LogP contribution in [0.25, 0.3) is 0 Å². The molecule has 2 rings (SSSR count). The molecular weight excluding hydrogens is 268 g/mol. The van der Waals surface area contributed by atoms with Crippen molar-refractivity contribution in [1.82, 2.24) is 10.2 Å². The van der Waals surface area contributed by atoms with Crippen molar-refractivity contribution in [1.29, 1.82) is 0 Å². The Balaban J connectivity index is 1.95. The summed E-state index contributed by atoms with van der Waals surface area (Å²) in [5.74, 6) is 0.0266. The third kappa shape index (κ3) is 3.89. The van der Waals surface area contributed by atoms with Crippen molar-refractivity contribution in [3.05, 3.63) is 0 Å². The van der Waals surface area contributed by atoms with Gasteiger partial charge in [-0.3, -0.25) is 0 Å². The number of hydrogen-bond acceptors (Lipinski definition) is 2. The molecule has 0 radical (unpaired) electrons. The van der Waals surface area contributed by atoms with Crippen LogP contribution in [0.2, 0.25) is 0 Å². The zero-order valence-electron chi connectivity index (χ0n) is 13.2. The zero-order chi connectivity index (χ0) is 15.5. The number of carboxylic acid groups (broad SMARTS) is 1. The van der Waals surface area contributed by atoms with Gasteiger partial charge >= 0.3 is 12.0 Å². The highest BCUT2D eigenvalue weighted by Gasteiger charge is 2.43. The number of nitrogens with zero attached hydrogens (tertiary/aromatic N) is 1. The summed E-state index contributed by atoms with van der Waals surface area (Å²) < 4.78 is 0. The third-order valence-electron chi connectivity index (χ3n) is 5.11. The SMILES string of the molecule is CC1CCCC(NC(=O)N(C)CC2CCCC2)(C(=O)O)C1. The average molecular weight is 296 g/mol. The van der Waals surface area contributed by atoms with Crippen molar-refractivity contribution >= 4 is 12.0 Å². The molecule has 0 aromatic heterocycles. The molecule has 2 aliphatic carbocycles. The molecule has 0 bridgehead atoms. The summed E-state index contributed by atoms with van der Waals surface area (Å²) in [6.45, 7) is 2.79. The van der Waals surface area contributed by atoms with E-state index in [1.165, 1.54) is 25.7 Å². The molecule has 2 saturated carbocycles. The van der Waals surface area contributed by atoms with Crippen LogP contribution in [0.5, 0.6) is 0 Å². The standard InChI is InChI=1S/C16H28N2O3/c1-12-6-5-9-16(10-12,14(19)20)17-15(21)18(2)11-13-7-3-4-8-13/h12-13H,3-11H2,1-2H3,(H,17,21)(H,19,20). The van der Waals surface area contributed by atoms with Gasteiger partial charge in [0.05, 0.1) is 0 Å². The van der Waals surface area contributed by atoms with E-state index >= 15 is 0 Å². The Bertz CT molecular complexity index is 393. The van der Waals surface area contributed by atoms with Gasteiger partial charge in [-0.2, -0.15) is 0 Å². The van der Waals surface area contributed by atoms with Gasteiger partial charge in [-0.1, -0.05) is 32.6 Å². The second-order valence-electron chi connectivity index (χ2n) is 7.05. The van der Waals surface area contributed by atoms with Crippen LogP contribution in [0.4, 0.5) is 4.79 Å². The Hall–Kier alpha value is -1.26. The number of carbonyl (C=O) groups excluding carboxylic acids is 1. The second kappa shape index (κ2) is 6.67. The van der Waals surface area contributed by atoms with Gasteiger partial charge in [0.25, 0.3) is 0 Å². The van der Waals surface area contributed by atoms with Gasteiger partial charge in [-0.15, -0.1) is 0 Å². The molecule has 0 heterocycles. The number of amides is 2. The molecule has 120 valence electrons. The van der Waals surface area contributed by atoms with Crippen LogP contribution < -0.4 is 5.32 Å². The summed E-state index contributed by atoms with van der Waals surface area (Å²) in [4.78, 5) is 25.7. The lowest BCUT2D eigenvalue weighted by molar-refractivity contribution is -0.146. The first kappa shape index (κ1) is 16.1. The fourth-order valence-corrected chi connectivity index (χ4v) is 3.88. The zero-order valence-corrected chi connectivity index (χ0v) is 13.2. The van der Waals surface area contributed by atoms with Gasteiger partial charge < -0.3 is 15.3 Å². The van der Waals surface area contributed by atoms with Crippen LogP contribution in [0.15, 0.2) is 0 Å². The van der Waals surface area contributed by atoms with Crippen molar-refractivity contribution in [3.8, 4) is 0 Å². The lowest BCUT2D eigenvalue weighted by Crippen LogP contribution is -2.59. The van der Waals surface area contributed by atoms with Crippen LogP contribution in [0.3, 0.4) is 0 Å². The minimum Gasteiger partial charge on any atom is -0.480 e. The van der Waals surface area contributed by atoms with Gasteiger partial charge in [0.15, 0.2) is 0 Å². The van der Waals surface area contributed by atoms with E-state index in [-0.39, 0.29) is 6.03 Å².